The summed E-state index contributed by atoms with van der Waals surface area (Å²) in [6.45, 7) is 5.41. The van der Waals surface area contributed by atoms with E-state index in [1.807, 2.05) is 38.1 Å². The fourth-order valence-corrected chi connectivity index (χ4v) is 5.34. The van der Waals surface area contributed by atoms with Crippen LogP contribution in [0.3, 0.4) is 0 Å². The molecule has 0 saturated carbocycles. The smallest absolute Gasteiger partial charge is 0.289 e. The number of imidazole rings is 1. The summed E-state index contributed by atoms with van der Waals surface area (Å²) in [6, 6.07) is 9.46. The molecule has 1 saturated heterocycles. The Kier molecular flexibility index (Phi) is 5.64. The van der Waals surface area contributed by atoms with Crippen LogP contribution in [0.5, 0.6) is 0 Å². The molecule has 1 aromatic carbocycles. The van der Waals surface area contributed by atoms with E-state index in [1.165, 1.54) is 0 Å². The molecule has 5 rings (SSSR count). The zero-order valence-corrected chi connectivity index (χ0v) is 20.2. The Morgan fingerprint density at radius 1 is 1.20 bits per heavy atom. The first-order chi connectivity index (χ1) is 16.8. The van der Waals surface area contributed by atoms with Gasteiger partial charge in [-0.3, -0.25) is 19.5 Å². The molecule has 2 aliphatic heterocycles. The zero-order chi connectivity index (χ0) is 24.7. The molecule has 0 aliphatic carbocycles. The maximum absolute atomic E-state index is 13.3. The van der Waals surface area contributed by atoms with Gasteiger partial charge in [0.2, 0.25) is 0 Å². The van der Waals surface area contributed by atoms with Crippen molar-refractivity contribution in [1.82, 2.24) is 19.4 Å². The standard InChI is InChI=1S/C27H28N6O2/c1-27(2)23-14-19(15-28)4-5-22(23)25(34)33(27)21-13-20(16-29-17-21)12-18-6-9-32(10-7-18)26(35)24-30-8-11-31(24)3/h4-5,8,11,13-14,16-18H,6-7,9-10,12H2,1-3H3. The van der Waals surface area contributed by atoms with E-state index in [2.05, 4.69) is 22.1 Å². The first-order valence-corrected chi connectivity index (χ1v) is 11.9. The van der Waals surface area contributed by atoms with Crippen molar-refractivity contribution < 1.29 is 9.59 Å². The number of piperidine rings is 1. The van der Waals surface area contributed by atoms with Gasteiger partial charge < -0.3 is 9.47 Å². The molecule has 0 spiro atoms. The van der Waals surface area contributed by atoms with Crippen LogP contribution in [0.25, 0.3) is 0 Å². The van der Waals surface area contributed by atoms with Gasteiger partial charge in [-0.2, -0.15) is 5.26 Å². The van der Waals surface area contributed by atoms with Crippen LogP contribution in [0.1, 0.15) is 64.4 Å². The third-order valence-corrected chi connectivity index (χ3v) is 7.28. The predicted octanol–water partition coefficient (Wildman–Crippen LogP) is 3.68. The van der Waals surface area contributed by atoms with Gasteiger partial charge in [0.15, 0.2) is 5.82 Å². The third kappa shape index (κ3) is 3.97. The number of amides is 2. The molecule has 35 heavy (non-hydrogen) atoms. The van der Waals surface area contributed by atoms with Crippen LogP contribution in [0.4, 0.5) is 5.69 Å². The number of carbonyl (C=O) groups is 2. The average molecular weight is 469 g/mol. The SMILES string of the molecule is Cn1ccnc1C(=O)N1CCC(Cc2cncc(N3C(=O)c4ccc(C#N)cc4C3(C)C)c2)CC1. The lowest BCUT2D eigenvalue weighted by Crippen LogP contribution is -2.40. The van der Waals surface area contributed by atoms with Crippen molar-refractivity contribution in [1.29, 1.82) is 5.26 Å². The minimum Gasteiger partial charge on any atom is -0.336 e. The van der Waals surface area contributed by atoms with Gasteiger partial charge in [-0.05, 0) is 74.4 Å². The van der Waals surface area contributed by atoms with E-state index in [4.69, 9.17) is 0 Å². The van der Waals surface area contributed by atoms with Crippen molar-refractivity contribution in [3.05, 3.63) is 77.1 Å². The van der Waals surface area contributed by atoms with Crippen molar-refractivity contribution in [3.8, 4) is 6.07 Å². The molecule has 2 amide bonds. The van der Waals surface area contributed by atoms with Gasteiger partial charge in [0.05, 0.1) is 29.1 Å². The van der Waals surface area contributed by atoms with Crippen LogP contribution in [-0.4, -0.2) is 44.3 Å². The molecule has 8 heteroatoms. The first kappa shape index (κ1) is 22.8. The number of hydrogen-bond acceptors (Lipinski definition) is 5. The van der Waals surface area contributed by atoms with Crippen molar-refractivity contribution >= 4 is 17.5 Å². The highest BCUT2D eigenvalue weighted by atomic mass is 16.2. The van der Waals surface area contributed by atoms with E-state index in [0.29, 0.717) is 36.0 Å². The van der Waals surface area contributed by atoms with E-state index in [0.717, 1.165) is 36.1 Å². The van der Waals surface area contributed by atoms with Gasteiger partial charge >= 0.3 is 0 Å². The highest BCUT2D eigenvalue weighted by molar-refractivity contribution is 6.12. The average Bonchev–Trinajstić information content (AvgIpc) is 3.37. The number of carbonyl (C=O) groups excluding carboxylic acids is 2. The number of rotatable bonds is 4. The van der Waals surface area contributed by atoms with E-state index in [-0.39, 0.29) is 11.8 Å². The molecule has 0 radical (unpaired) electrons. The van der Waals surface area contributed by atoms with Crippen LogP contribution in [0, 0.1) is 17.2 Å². The molecule has 178 valence electrons. The highest BCUT2D eigenvalue weighted by Crippen LogP contribution is 2.42. The molecular formula is C27H28N6O2. The van der Waals surface area contributed by atoms with Crippen LogP contribution >= 0.6 is 0 Å². The summed E-state index contributed by atoms with van der Waals surface area (Å²) in [5.41, 5.74) is 3.28. The Morgan fingerprint density at radius 2 is 1.97 bits per heavy atom. The van der Waals surface area contributed by atoms with Gasteiger partial charge in [-0.15, -0.1) is 0 Å². The minimum absolute atomic E-state index is 0.0199. The molecule has 0 unspecified atom stereocenters. The molecule has 1 fully saturated rings. The van der Waals surface area contributed by atoms with Gasteiger partial charge in [0, 0.05) is 44.3 Å². The molecule has 0 bridgehead atoms. The lowest BCUT2D eigenvalue weighted by Gasteiger charge is -2.33. The molecule has 0 N–H and O–H groups in total. The van der Waals surface area contributed by atoms with E-state index in [9.17, 15) is 14.9 Å². The summed E-state index contributed by atoms with van der Waals surface area (Å²) >= 11 is 0. The number of hydrogen-bond donors (Lipinski definition) is 0. The quantitative estimate of drug-likeness (QED) is 0.582. The van der Waals surface area contributed by atoms with Crippen LogP contribution in [0.15, 0.2) is 49.1 Å². The number of anilines is 1. The Labute approximate surface area is 204 Å². The number of aromatic nitrogens is 3. The molecule has 4 heterocycles. The van der Waals surface area contributed by atoms with Crippen molar-refractivity contribution in [2.24, 2.45) is 13.0 Å². The zero-order valence-electron chi connectivity index (χ0n) is 20.2. The minimum atomic E-state index is -0.587. The fourth-order valence-electron chi connectivity index (χ4n) is 5.34. The van der Waals surface area contributed by atoms with Gasteiger partial charge in [0.1, 0.15) is 0 Å². The van der Waals surface area contributed by atoms with Crippen molar-refractivity contribution in [2.45, 2.75) is 38.6 Å². The molecule has 2 aliphatic rings. The topological polar surface area (TPSA) is 95.1 Å². The maximum atomic E-state index is 13.3. The lowest BCUT2D eigenvalue weighted by molar-refractivity contribution is 0.0674. The number of likely N-dealkylation sites (tertiary alicyclic amines) is 1. The van der Waals surface area contributed by atoms with Crippen LogP contribution < -0.4 is 4.90 Å². The number of nitriles is 1. The Bertz CT molecular complexity index is 1340. The van der Waals surface area contributed by atoms with Crippen molar-refractivity contribution in [2.75, 3.05) is 18.0 Å². The summed E-state index contributed by atoms with van der Waals surface area (Å²) in [5, 5.41) is 9.30. The van der Waals surface area contributed by atoms with E-state index < -0.39 is 5.54 Å². The highest BCUT2D eigenvalue weighted by Gasteiger charge is 2.44. The third-order valence-electron chi connectivity index (χ3n) is 7.28. The summed E-state index contributed by atoms with van der Waals surface area (Å²) in [6.07, 6.45) is 9.70. The van der Waals surface area contributed by atoms with Crippen LogP contribution in [-0.2, 0) is 19.0 Å². The van der Waals surface area contributed by atoms with Gasteiger partial charge in [-0.1, -0.05) is 0 Å². The summed E-state index contributed by atoms with van der Waals surface area (Å²) in [7, 11) is 1.83. The van der Waals surface area contributed by atoms with Gasteiger partial charge in [0.25, 0.3) is 11.8 Å². The second kappa shape index (κ2) is 8.66. The summed E-state index contributed by atoms with van der Waals surface area (Å²) in [5.74, 6) is 0.819. The molecular weight excluding hydrogens is 440 g/mol. The molecule has 2 aromatic heterocycles. The van der Waals surface area contributed by atoms with Gasteiger partial charge in [-0.25, -0.2) is 4.98 Å². The second-order valence-electron chi connectivity index (χ2n) is 9.92. The Hall–Kier alpha value is -3.99. The van der Waals surface area contributed by atoms with E-state index in [1.54, 1.807) is 40.2 Å². The first-order valence-electron chi connectivity index (χ1n) is 11.9. The van der Waals surface area contributed by atoms with E-state index >= 15 is 0 Å². The Balaban J connectivity index is 1.29. The molecule has 0 atom stereocenters. The number of benzene rings is 1. The maximum Gasteiger partial charge on any atom is 0.289 e. The summed E-state index contributed by atoms with van der Waals surface area (Å²) in [4.78, 5) is 38.3. The molecule has 3 aromatic rings. The monoisotopic (exact) mass is 468 g/mol. The van der Waals surface area contributed by atoms with Crippen LogP contribution in [0.2, 0.25) is 0 Å². The number of nitrogens with zero attached hydrogens (tertiary/aromatic N) is 6. The Morgan fingerprint density at radius 3 is 2.66 bits per heavy atom. The molecule has 8 nitrogen and oxygen atoms in total. The largest absolute Gasteiger partial charge is 0.336 e. The predicted molar refractivity (Wildman–Crippen MR) is 131 cm³/mol. The number of aryl methyl sites for hydroxylation is 1. The normalized spacial score (nSPS) is 17.4. The summed E-state index contributed by atoms with van der Waals surface area (Å²) < 4.78 is 1.76. The lowest BCUT2D eigenvalue weighted by atomic mass is 9.90. The second-order valence-corrected chi connectivity index (χ2v) is 9.92. The number of fused-ring (bicyclic) bond motifs is 1. The fraction of sp³-hybridized carbons (Fsp3) is 0.370. The van der Waals surface area contributed by atoms with Crippen molar-refractivity contribution in [3.63, 3.8) is 0 Å². The number of pyridine rings is 1.